The van der Waals surface area contributed by atoms with E-state index in [-0.39, 0.29) is 0 Å². The van der Waals surface area contributed by atoms with E-state index in [0.717, 1.165) is 0 Å². The average Bonchev–Trinajstić information content (AvgIpc) is 2.59. The van der Waals surface area contributed by atoms with E-state index in [0.29, 0.717) is 16.1 Å². The van der Waals surface area contributed by atoms with E-state index in [1.54, 1.807) is 13.2 Å². The fraction of sp³-hybridized carbons (Fsp3) is 0.538. The van der Waals surface area contributed by atoms with Gasteiger partial charge in [-0.05, 0) is 6.07 Å². The molecule has 0 aliphatic carbocycles. The molecule has 0 atom stereocenters. The maximum absolute atomic E-state index is 5.60. The molecule has 1 aromatic rings. The maximum atomic E-state index is 5.60. The van der Waals surface area contributed by atoms with E-state index in [4.69, 9.17) is 31.3 Å². The smallest absolute Gasteiger partial charge is 0.497 e. The first-order valence-electron chi connectivity index (χ1n) is 6.53. The first-order valence-corrected chi connectivity index (χ1v) is 9.98. The van der Waals surface area contributed by atoms with Gasteiger partial charge >= 0.3 is 17.6 Å². The molecule has 0 heterocycles. The van der Waals surface area contributed by atoms with Gasteiger partial charge in [0, 0.05) is 47.8 Å². The van der Waals surface area contributed by atoms with Crippen molar-refractivity contribution >= 4 is 28.0 Å². The molecule has 0 bridgehead atoms. The standard InChI is InChI=1S/C13H24O7Si2/c1-14-11-9-8-10-12(21(15-2,16-3)17-4)13(11)22(18-5,19-6)20-7/h8-10H,1-7H3. The normalized spacial score (nSPS) is 12.5. The van der Waals surface area contributed by atoms with Crippen LogP contribution >= 0.6 is 0 Å². The molecule has 126 valence electrons. The van der Waals surface area contributed by atoms with Crippen molar-refractivity contribution in [2.45, 2.75) is 0 Å². The summed E-state index contributed by atoms with van der Waals surface area (Å²) in [4.78, 5) is 0. The van der Waals surface area contributed by atoms with Crippen LogP contribution in [0.4, 0.5) is 0 Å². The molecule has 9 heteroatoms. The number of hydrogen-bond donors (Lipinski definition) is 0. The first-order chi connectivity index (χ1) is 10.5. The molecule has 0 aliphatic heterocycles. The summed E-state index contributed by atoms with van der Waals surface area (Å²) in [6.07, 6.45) is 0. The van der Waals surface area contributed by atoms with Gasteiger partial charge in [0.15, 0.2) is 0 Å². The Morgan fingerprint density at radius 1 is 0.636 bits per heavy atom. The van der Waals surface area contributed by atoms with Gasteiger partial charge in [0.2, 0.25) is 0 Å². The molecule has 0 spiro atoms. The molecule has 7 nitrogen and oxygen atoms in total. The third-order valence-corrected chi connectivity index (χ3v) is 9.17. The molecule has 1 aromatic carbocycles. The monoisotopic (exact) mass is 348 g/mol. The Morgan fingerprint density at radius 2 is 1.09 bits per heavy atom. The molecule has 0 aromatic heterocycles. The van der Waals surface area contributed by atoms with Crippen LogP contribution in [0.15, 0.2) is 18.2 Å². The topological polar surface area (TPSA) is 64.6 Å². The van der Waals surface area contributed by atoms with Crippen molar-refractivity contribution < 1.29 is 31.3 Å². The molecule has 0 saturated heterocycles. The van der Waals surface area contributed by atoms with E-state index in [1.165, 1.54) is 42.7 Å². The zero-order chi connectivity index (χ0) is 16.8. The van der Waals surface area contributed by atoms with Gasteiger partial charge in [-0.15, -0.1) is 0 Å². The highest BCUT2D eigenvalue weighted by Crippen LogP contribution is 2.18. The Labute approximate surface area is 133 Å². The fourth-order valence-electron chi connectivity index (χ4n) is 2.41. The second-order valence-corrected chi connectivity index (χ2v) is 9.93. The predicted molar refractivity (Wildman–Crippen MR) is 85.8 cm³/mol. The number of hydrogen-bond acceptors (Lipinski definition) is 7. The molecular formula is C13H24O7Si2. The Morgan fingerprint density at radius 3 is 1.45 bits per heavy atom. The Hall–Kier alpha value is -0.786. The lowest BCUT2D eigenvalue weighted by atomic mass is 10.3. The second-order valence-electron chi connectivity index (χ2n) is 4.22. The fourth-order valence-corrected chi connectivity index (χ4v) is 7.23. The van der Waals surface area contributed by atoms with Crippen LogP contribution in [-0.2, 0) is 26.6 Å². The molecule has 0 unspecified atom stereocenters. The zero-order valence-electron chi connectivity index (χ0n) is 14.1. The number of benzene rings is 1. The van der Waals surface area contributed by atoms with Gasteiger partial charge in [0.05, 0.1) is 12.3 Å². The highest BCUT2D eigenvalue weighted by atomic mass is 28.4. The minimum absolute atomic E-state index is 0.567. The summed E-state index contributed by atoms with van der Waals surface area (Å²) >= 11 is 0. The summed E-state index contributed by atoms with van der Waals surface area (Å²) in [5, 5.41) is 1.33. The van der Waals surface area contributed by atoms with Gasteiger partial charge in [-0.2, -0.15) is 0 Å². The van der Waals surface area contributed by atoms with Gasteiger partial charge < -0.3 is 31.3 Å². The molecule has 0 amide bonds. The third-order valence-electron chi connectivity index (χ3n) is 3.49. The Kier molecular flexibility index (Phi) is 7.16. The van der Waals surface area contributed by atoms with Crippen LogP contribution in [0.1, 0.15) is 0 Å². The average molecular weight is 349 g/mol. The number of ether oxygens (including phenoxy) is 1. The van der Waals surface area contributed by atoms with Gasteiger partial charge in [-0.25, -0.2) is 0 Å². The van der Waals surface area contributed by atoms with Crippen LogP contribution in [0.25, 0.3) is 0 Å². The highest BCUT2D eigenvalue weighted by molar-refractivity contribution is 6.87. The Balaban J connectivity index is 3.74. The summed E-state index contributed by atoms with van der Waals surface area (Å²) < 4.78 is 39.0. The van der Waals surface area contributed by atoms with Crippen LogP contribution in [0, 0.1) is 0 Å². The molecule has 0 fully saturated rings. The lowest BCUT2D eigenvalue weighted by Gasteiger charge is -2.32. The Bertz CT molecular complexity index is 459. The van der Waals surface area contributed by atoms with Crippen molar-refractivity contribution in [1.29, 1.82) is 0 Å². The molecule has 1 rings (SSSR count). The summed E-state index contributed by atoms with van der Waals surface area (Å²) in [6, 6.07) is 5.48. The van der Waals surface area contributed by atoms with Crippen LogP contribution in [0.3, 0.4) is 0 Å². The van der Waals surface area contributed by atoms with Crippen molar-refractivity contribution in [2.24, 2.45) is 0 Å². The number of rotatable bonds is 9. The van der Waals surface area contributed by atoms with Crippen LogP contribution in [-0.4, -0.2) is 67.4 Å². The SMILES string of the molecule is COc1cccc([Si](OC)(OC)OC)c1[Si](OC)(OC)OC. The summed E-state index contributed by atoms with van der Waals surface area (Å²) in [7, 11) is 4.46. The van der Waals surface area contributed by atoms with E-state index in [9.17, 15) is 0 Å². The van der Waals surface area contributed by atoms with Gasteiger partial charge in [0.1, 0.15) is 5.75 Å². The van der Waals surface area contributed by atoms with Crippen LogP contribution in [0.5, 0.6) is 5.75 Å². The second kappa shape index (κ2) is 8.17. The van der Waals surface area contributed by atoms with Crippen molar-refractivity contribution in [2.75, 3.05) is 49.8 Å². The summed E-state index contributed by atoms with van der Waals surface area (Å²) in [6.45, 7) is 0. The molecule has 0 N–H and O–H groups in total. The van der Waals surface area contributed by atoms with E-state index >= 15 is 0 Å². The molecule has 0 saturated carbocycles. The van der Waals surface area contributed by atoms with Crippen molar-refractivity contribution in [3.05, 3.63) is 18.2 Å². The molecule has 0 radical (unpaired) electrons. The molecule has 22 heavy (non-hydrogen) atoms. The first kappa shape index (κ1) is 19.3. The highest BCUT2D eigenvalue weighted by Gasteiger charge is 2.53. The van der Waals surface area contributed by atoms with Gasteiger partial charge in [-0.1, -0.05) is 12.1 Å². The molecular weight excluding hydrogens is 324 g/mol. The quantitative estimate of drug-likeness (QED) is 0.576. The van der Waals surface area contributed by atoms with Gasteiger partial charge in [-0.3, -0.25) is 0 Å². The van der Waals surface area contributed by atoms with E-state index in [1.807, 2.05) is 12.1 Å². The largest absolute Gasteiger partial charge is 0.540 e. The van der Waals surface area contributed by atoms with E-state index in [2.05, 4.69) is 0 Å². The molecule has 0 aliphatic rings. The van der Waals surface area contributed by atoms with Crippen molar-refractivity contribution in [1.82, 2.24) is 0 Å². The minimum Gasteiger partial charge on any atom is -0.497 e. The van der Waals surface area contributed by atoms with Crippen molar-refractivity contribution in [3.8, 4) is 5.75 Å². The van der Waals surface area contributed by atoms with Gasteiger partial charge in [0.25, 0.3) is 0 Å². The summed E-state index contributed by atoms with van der Waals surface area (Å²) in [5.41, 5.74) is 0. The zero-order valence-corrected chi connectivity index (χ0v) is 16.1. The lowest BCUT2D eigenvalue weighted by Crippen LogP contribution is -2.68. The third kappa shape index (κ3) is 3.12. The van der Waals surface area contributed by atoms with E-state index < -0.39 is 17.6 Å². The maximum Gasteiger partial charge on any atom is 0.540 e. The lowest BCUT2D eigenvalue weighted by molar-refractivity contribution is 0.134. The predicted octanol–water partition coefficient (Wildman–Crippen LogP) is -0.135. The van der Waals surface area contributed by atoms with Crippen LogP contribution in [0.2, 0.25) is 0 Å². The summed E-state index contributed by atoms with van der Waals surface area (Å²) in [5.74, 6) is 0.567. The number of methoxy groups -OCH3 is 1. The van der Waals surface area contributed by atoms with Crippen LogP contribution < -0.4 is 15.1 Å². The minimum atomic E-state index is -3.19. The van der Waals surface area contributed by atoms with Crippen molar-refractivity contribution in [3.63, 3.8) is 0 Å².